The molecule has 0 spiro atoms. The number of aromatic nitrogens is 1. The summed E-state index contributed by atoms with van der Waals surface area (Å²) in [4.78, 5) is 18.6. The Bertz CT molecular complexity index is 885. The molecule has 3 rings (SSSR count). The first-order valence-electron chi connectivity index (χ1n) is 8.12. The van der Waals surface area contributed by atoms with Crippen LogP contribution in [0.5, 0.6) is 0 Å². The number of benzene rings is 1. The van der Waals surface area contributed by atoms with Gasteiger partial charge in [0.05, 0.1) is 30.3 Å². The van der Waals surface area contributed by atoms with Crippen molar-refractivity contribution in [1.82, 2.24) is 4.90 Å². The van der Waals surface area contributed by atoms with Crippen LogP contribution < -0.4 is 9.88 Å². The van der Waals surface area contributed by atoms with Crippen LogP contribution in [0.1, 0.15) is 21.5 Å². The Morgan fingerprint density at radius 3 is 2.30 bits per heavy atom. The van der Waals surface area contributed by atoms with E-state index >= 15 is 0 Å². The van der Waals surface area contributed by atoms with Gasteiger partial charge in [0.2, 0.25) is 0 Å². The number of nitrogens with zero attached hydrogens (tertiary/aromatic N) is 3. The standard InChI is InChI=1S/C18H14ClF3N4O/c19-15-9-14(18(20,21)22)11-24-16(15)25-5-7-26(8-6-25)17(27)13-3-1-12(10-23)2-4-13/h1-4,9,11H,5-8H2/p+1. The highest BCUT2D eigenvalue weighted by atomic mass is 35.5. The molecule has 1 N–H and O–H groups in total. The van der Waals surface area contributed by atoms with Crippen molar-refractivity contribution in [2.24, 2.45) is 0 Å². The fourth-order valence-corrected chi connectivity index (χ4v) is 3.16. The quantitative estimate of drug-likeness (QED) is 0.785. The first-order valence-corrected chi connectivity index (χ1v) is 8.50. The molecule has 0 bridgehead atoms. The highest BCUT2D eigenvalue weighted by Gasteiger charge is 2.34. The molecule has 1 aromatic heterocycles. The number of aromatic amines is 1. The number of rotatable bonds is 2. The molecular formula is C18H15ClF3N4O+. The third-order valence-electron chi connectivity index (χ3n) is 4.34. The van der Waals surface area contributed by atoms with E-state index in [1.807, 2.05) is 11.0 Å². The zero-order chi connectivity index (χ0) is 19.6. The topological polar surface area (TPSA) is 61.5 Å². The van der Waals surface area contributed by atoms with Gasteiger partial charge in [0.1, 0.15) is 24.3 Å². The Hall–Kier alpha value is -2.79. The van der Waals surface area contributed by atoms with Crippen LogP contribution in [0.4, 0.5) is 19.0 Å². The van der Waals surface area contributed by atoms with Crippen LogP contribution in [-0.4, -0.2) is 37.0 Å². The zero-order valence-corrected chi connectivity index (χ0v) is 14.8. The summed E-state index contributed by atoms with van der Waals surface area (Å²) in [5.41, 5.74) is 0.122. The number of anilines is 1. The van der Waals surface area contributed by atoms with Crippen molar-refractivity contribution in [3.8, 4) is 6.07 Å². The largest absolute Gasteiger partial charge is 0.419 e. The predicted octanol–water partition coefficient (Wildman–Crippen LogP) is 3.01. The molecule has 1 aliphatic rings. The number of halogens is 4. The molecule has 0 aliphatic carbocycles. The molecule has 0 atom stereocenters. The van der Waals surface area contributed by atoms with Gasteiger partial charge in [0.25, 0.3) is 11.7 Å². The summed E-state index contributed by atoms with van der Waals surface area (Å²) in [6.45, 7) is 1.68. The number of carbonyl (C=O) groups excluding carboxylic acids is 1. The Labute approximate surface area is 158 Å². The molecule has 2 aromatic rings. The smallest absolute Gasteiger partial charge is 0.331 e. The van der Waals surface area contributed by atoms with E-state index < -0.39 is 11.7 Å². The van der Waals surface area contributed by atoms with E-state index in [4.69, 9.17) is 16.9 Å². The van der Waals surface area contributed by atoms with E-state index in [2.05, 4.69) is 4.98 Å². The third kappa shape index (κ3) is 4.14. The highest BCUT2D eigenvalue weighted by Crippen LogP contribution is 2.32. The molecule has 0 radical (unpaired) electrons. The van der Waals surface area contributed by atoms with Gasteiger partial charge in [0.15, 0.2) is 0 Å². The van der Waals surface area contributed by atoms with Crippen LogP contribution in [0.15, 0.2) is 36.5 Å². The SMILES string of the molecule is N#Cc1ccc(C(=O)N2CCN(c3[nH+]cc(C(F)(F)F)cc3Cl)CC2)cc1. The summed E-state index contributed by atoms with van der Waals surface area (Å²) in [5, 5.41) is 8.79. The predicted molar refractivity (Wildman–Crippen MR) is 92.3 cm³/mol. The zero-order valence-electron chi connectivity index (χ0n) is 14.1. The second kappa shape index (κ2) is 7.45. The molecule has 140 valence electrons. The first kappa shape index (κ1) is 19.0. The van der Waals surface area contributed by atoms with Crippen molar-refractivity contribution < 1.29 is 22.9 Å². The van der Waals surface area contributed by atoms with Gasteiger partial charge < -0.3 is 4.90 Å². The van der Waals surface area contributed by atoms with Crippen molar-refractivity contribution in [2.45, 2.75) is 6.18 Å². The minimum absolute atomic E-state index is 0.0170. The van der Waals surface area contributed by atoms with Crippen LogP contribution in [0.25, 0.3) is 0 Å². The molecule has 2 heterocycles. The Kier molecular flexibility index (Phi) is 5.24. The second-order valence-electron chi connectivity index (χ2n) is 6.05. The monoisotopic (exact) mass is 395 g/mol. The molecular weight excluding hydrogens is 381 g/mol. The molecule has 5 nitrogen and oxygen atoms in total. The maximum atomic E-state index is 12.7. The van der Waals surface area contributed by atoms with Gasteiger partial charge in [-0.15, -0.1) is 0 Å². The number of nitrogens with one attached hydrogen (secondary N) is 1. The molecule has 1 aromatic carbocycles. The third-order valence-corrected chi connectivity index (χ3v) is 4.63. The highest BCUT2D eigenvalue weighted by molar-refractivity contribution is 6.32. The van der Waals surface area contributed by atoms with E-state index in [0.29, 0.717) is 43.1 Å². The van der Waals surface area contributed by atoms with E-state index in [-0.39, 0.29) is 10.9 Å². The van der Waals surface area contributed by atoms with E-state index in [1.165, 1.54) is 0 Å². The molecule has 1 fully saturated rings. The van der Waals surface area contributed by atoms with Crippen LogP contribution in [0.2, 0.25) is 5.02 Å². The van der Waals surface area contributed by atoms with E-state index in [9.17, 15) is 18.0 Å². The fraction of sp³-hybridized carbons (Fsp3) is 0.278. The number of piperazine rings is 1. The minimum Gasteiger partial charge on any atom is -0.331 e. The Morgan fingerprint density at radius 1 is 1.15 bits per heavy atom. The first-order chi connectivity index (χ1) is 12.8. The van der Waals surface area contributed by atoms with Crippen LogP contribution in [0.3, 0.4) is 0 Å². The molecule has 0 unspecified atom stereocenters. The maximum Gasteiger partial charge on any atom is 0.419 e. The number of H-pyrrole nitrogens is 1. The van der Waals surface area contributed by atoms with Gasteiger partial charge in [-0.1, -0.05) is 11.6 Å². The van der Waals surface area contributed by atoms with Gasteiger partial charge in [-0.25, -0.2) is 4.98 Å². The summed E-state index contributed by atoms with van der Waals surface area (Å²) in [6.07, 6.45) is -3.58. The lowest BCUT2D eigenvalue weighted by molar-refractivity contribution is -0.367. The normalized spacial score (nSPS) is 14.8. The van der Waals surface area contributed by atoms with Crippen molar-refractivity contribution in [1.29, 1.82) is 5.26 Å². The molecule has 9 heteroatoms. The molecule has 1 saturated heterocycles. The molecule has 0 saturated carbocycles. The van der Waals surface area contributed by atoms with Crippen molar-refractivity contribution in [3.05, 3.63) is 58.2 Å². The number of hydrogen-bond donors (Lipinski definition) is 0. The van der Waals surface area contributed by atoms with Gasteiger partial charge in [-0.2, -0.15) is 18.4 Å². The minimum atomic E-state index is -4.47. The van der Waals surface area contributed by atoms with Crippen LogP contribution in [0, 0.1) is 11.3 Å². The molecule has 1 amide bonds. The number of nitriles is 1. The summed E-state index contributed by atoms with van der Waals surface area (Å²) >= 11 is 6.01. The Balaban J connectivity index is 1.66. The molecule has 1 aliphatic heterocycles. The fourth-order valence-electron chi connectivity index (χ4n) is 2.87. The maximum absolute atomic E-state index is 12.7. The number of pyridine rings is 1. The number of hydrogen-bond acceptors (Lipinski definition) is 3. The lowest BCUT2D eigenvalue weighted by Crippen LogP contribution is -2.50. The van der Waals surface area contributed by atoms with Crippen LogP contribution in [-0.2, 0) is 6.18 Å². The Morgan fingerprint density at radius 2 is 1.78 bits per heavy atom. The second-order valence-corrected chi connectivity index (χ2v) is 6.46. The van der Waals surface area contributed by atoms with E-state index in [0.717, 1.165) is 12.3 Å². The summed E-state index contributed by atoms with van der Waals surface area (Å²) in [5.74, 6) is 0.247. The van der Waals surface area contributed by atoms with Gasteiger partial charge in [-0.05, 0) is 30.3 Å². The lowest BCUT2D eigenvalue weighted by Gasteiger charge is -2.31. The number of alkyl halides is 3. The number of carbonyl (C=O) groups is 1. The summed E-state index contributed by atoms with van der Waals surface area (Å²) in [6, 6.07) is 9.27. The summed E-state index contributed by atoms with van der Waals surface area (Å²) < 4.78 is 38.2. The van der Waals surface area contributed by atoms with Crippen molar-refractivity contribution in [2.75, 3.05) is 31.1 Å². The average Bonchev–Trinajstić information content (AvgIpc) is 2.67. The van der Waals surface area contributed by atoms with Gasteiger partial charge in [0, 0.05) is 5.56 Å². The average molecular weight is 396 g/mol. The van der Waals surface area contributed by atoms with Gasteiger partial charge in [-0.3, -0.25) is 9.69 Å². The molecule has 27 heavy (non-hydrogen) atoms. The summed E-state index contributed by atoms with van der Waals surface area (Å²) in [7, 11) is 0. The van der Waals surface area contributed by atoms with E-state index in [1.54, 1.807) is 29.2 Å². The van der Waals surface area contributed by atoms with Crippen molar-refractivity contribution in [3.63, 3.8) is 0 Å². The van der Waals surface area contributed by atoms with Gasteiger partial charge >= 0.3 is 6.18 Å². The number of amides is 1. The van der Waals surface area contributed by atoms with Crippen molar-refractivity contribution >= 4 is 23.3 Å². The lowest BCUT2D eigenvalue weighted by atomic mass is 10.1. The van der Waals surface area contributed by atoms with Crippen LogP contribution >= 0.6 is 11.6 Å².